The summed E-state index contributed by atoms with van der Waals surface area (Å²) < 4.78 is 29.0. The molecule has 0 bridgehead atoms. The predicted molar refractivity (Wildman–Crippen MR) is 97.5 cm³/mol. The highest BCUT2D eigenvalue weighted by atomic mass is 19.1. The third kappa shape index (κ3) is 4.94. The predicted octanol–water partition coefficient (Wildman–Crippen LogP) is 3.77. The normalized spacial score (nSPS) is 10.7. The number of benzene rings is 2. The van der Waals surface area contributed by atoms with Crippen LogP contribution in [0.1, 0.15) is 21.7 Å². The number of hydrogen-bond acceptors (Lipinski definition) is 5. The van der Waals surface area contributed by atoms with Crippen LogP contribution in [0.4, 0.5) is 4.39 Å². The van der Waals surface area contributed by atoms with Gasteiger partial charge < -0.3 is 13.9 Å². The molecule has 1 amide bonds. The molecule has 0 unspecified atom stereocenters. The highest BCUT2D eigenvalue weighted by Gasteiger charge is 2.07. The number of amides is 1. The maximum Gasteiger partial charge on any atom is 0.307 e. The topological polar surface area (TPSA) is 73.1 Å². The summed E-state index contributed by atoms with van der Waals surface area (Å²) in [6.45, 7) is 0.281. The number of carbonyl (C=O) groups excluding carboxylic acids is 1. The van der Waals surface area contributed by atoms with Crippen molar-refractivity contribution in [1.29, 1.82) is 0 Å². The van der Waals surface area contributed by atoms with Crippen molar-refractivity contribution < 1.29 is 23.1 Å². The zero-order valence-corrected chi connectivity index (χ0v) is 14.5. The number of ether oxygens (including phenoxy) is 2. The molecule has 1 heterocycles. The molecule has 138 valence electrons. The van der Waals surface area contributed by atoms with E-state index < -0.39 is 5.91 Å². The molecule has 0 fully saturated rings. The Balaban J connectivity index is 1.62. The van der Waals surface area contributed by atoms with Crippen LogP contribution >= 0.6 is 0 Å². The third-order valence-electron chi connectivity index (χ3n) is 3.62. The molecule has 0 spiro atoms. The standard InChI is InChI=1S/C20H17FN2O4/c1-25-19-11-15(12-22-23-20(24)18-3-2-10-26-18)6-9-17(19)27-13-14-4-7-16(21)8-5-14/h2-12H,13H2,1H3,(H,23,24)/b22-12+. The van der Waals surface area contributed by atoms with Gasteiger partial charge in [-0.1, -0.05) is 12.1 Å². The molecule has 1 aromatic heterocycles. The molecular formula is C20H17FN2O4. The lowest BCUT2D eigenvalue weighted by Gasteiger charge is -2.11. The van der Waals surface area contributed by atoms with Crippen LogP contribution in [0.3, 0.4) is 0 Å². The molecule has 0 saturated heterocycles. The summed E-state index contributed by atoms with van der Waals surface area (Å²) >= 11 is 0. The number of methoxy groups -OCH3 is 1. The van der Waals surface area contributed by atoms with E-state index in [2.05, 4.69) is 10.5 Å². The average molecular weight is 368 g/mol. The molecule has 1 N–H and O–H groups in total. The maximum atomic E-state index is 12.9. The van der Waals surface area contributed by atoms with Gasteiger partial charge in [0.15, 0.2) is 17.3 Å². The van der Waals surface area contributed by atoms with Crippen molar-refractivity contribution in [1.82, 2.24) is 5.43 Å². The van der Waals surface area contributed by atoms with E-state index >= 15 is 0 Å². The highest BCUT2D eigenvalue weighted by Crippen LogP contribution is 2.28. The van der Waals surface area contributed by atoms with Gasteiger partial charge in [0.05, 0.1) is 19.6 Å². The Bertz CT molecular complexity index is 922. The van der Waals surface area contributed by atoms with Gasteiger partial charge in [0.25, 0.3) is 0 Å². The quantitative estimate of drug-likeness (QED) is 0.509. The van der Waals surface area contributed by atoms with Crippen LogP contribution < -0.4 is 14.9 Å². The van der Waals surface area contributed by atoms with Crippen molar-refractivity contribution in [3.63, 3.8) is 0 Å². The SMILES string of the molecule is COc1cc(/C=N/NC(=O)c2ccco2)ccc1OCc1ccc(F)cc1. The molecule has 3 aromatic rings. The summed E-state index contributed by atoms with van der Waals surface area (Å²) in [4.78, 5) is 11.7. The second kappa shape index (κ2) is 8.66. The van der Waals surface area contributed by atoms with Gasteiger partial charge >= 0.3 is 5.91 Å². The fourth-order valence-corrected chi connectivity index (χ4v) is 2.25. The van der Waals surface area contributed by atoms with Gasteiger partial charge in [0.1, 0.15) is 12.4 Å². The zero-order valence-electron chi connectivity index (χ0n) is 14.5. The van der Waals surface area contributed by atoms with Gasteiger partial charge in [-0.2, -0.15) is 5.10 Å². The summed E-state index contributed by atoms with van der Waals surface area (Å²) in [5.74, 6) is 0.493. The number of nitrogens with one attached hydrogen (secondary N) is 1. The molecule has 6 nitrogen and oxygen atoms in total. The first-order valence-electron chi connectivity index (χ1n) is 8.08. The smallest absolute Gasteiger partial charge is 0.307 e. The first kappa shape index (κ1) is 18.2. The van der Waals surface area contributed by atoms with Crippen molar-refractivity contribution in [3.8, 4) is 11.5 Å². The van der Waals surface area contributed by atoms with Gasteiger partial charge in [0.2, 0.25) is 0 Å². The van der Waals surface area contributed by atoms with Crippen LogP contribution in [-0.2, 0) is 6.61 Å². The third-order valence-corrected chi connectivity index (χ3v) is 3.62. The molecule has 7 heteroatoms. The van der Waals surface area contributed by atoms with Crippen molar-refractivity contribution in [2.24, 2.45) is 5.10 Å². The Kier molecular flexibility index (Phi) is 5.84. The lowest BCUT2D eigenvalue weighted by atomic mass is 10.2. The largest absolute Gasteiger partial charge is 0.493 e. The summed E-state index contributed by atoms with van der Waals surface area (Å²) in [5.41, 5.74) is 3.92. The summed E-state index contributed by atoms with van der Waals surface area (Å²) in [6.07, 6.45) is 2.89. The van der Waals surface area contributed by atoms with Crippen LogP contribution in [0.25, 0.3) is 0 Å². The minimum Gasteiger partial charge on any atom is -0.493 e. The van der Waals surface area contributed by atoms with Gasteiger partial charge in [-0.3, -0.25) is 4.79 Å². The van der Waals surface area contributed by atoms with Gasteiger partial charge in [-0.25, -0.2) is 9.82 Å². The van der Waals surface area contributed by atoms with Crippen molar-refractivity contribution >= 4 is 12.1 Å². The Labute approximate surface area is 155 Å². The van der Waals surface area contributed by atoms with E-state index in [-0.39, 0.29) is 18.2 Å². The molecule has 27 heavy (non-hydrogen) atoms. The fraction of sp³-hybridized carbons (Fsp3) is 0.100. The fourth-order valence-electron chi connectivity index (χ4n) is 2.25. The Morgan fingerprint density at radius 3 is 2.70 bits per heavy atom. The molecule has 0 radical (unpaired) electrons. The van der Waals surface area contributed by atoms with Crippen molar-refractivity contribution in [2.45, 2.75) is 6.61 Å². The van der Waals surface area contributed by atoms with Crippen LogP contribution in [0.15, 0.2) is 70.4 Å². The molecule has 0 saturated carbocycles. The van der Waals surface area contributed by atoms with E-state index in [1.165, 1.54) is 31.7 Å². The Hall–Kier alpha value is -3.61. The van der Waals surface area contributed by atoms with E-state index in [1.807, 2.05) is 0 Å². The van der Waals surface area contributed by atoms with Crippen molar-refractivity contribution in [2.75, 3.05) is 7.11 Å². The van der Waals surface area contributed by atoms with Gasteiger partial charge in [-0.15, -0.1) is 0 Å². The lowest BCUT2D eigenvalue weighted by Crippen LogP contribution is -2.16. The Morgan fingerprint density at radius 2 is 2.00 bits per heavy atom. The minimum atomic E-state index is -0.442. The number of halogens is 1. The molecular weight excluding hydrogens is 351 g/mol. The number of nitrogens with zero attached hydrogens (tertiary/aromatic N) is 1. The van der Waals surface area contributed by atoms with E-state index in [0.29, 0.717) is 17.1 Å². The van der Waals surface area contributed by atoms with Crippen LogP contribution in [0, 0.1) is 5.82 Å². The number of furan rings is 1. The van der Waals surface area contributed by atoms with Crippen LogP contribution in [0.2, 0.25) is 0 Å². The summed E-state index contributed by atoms with van der Waals surface area (Å²) in [5, 5.41) is 3.89. The maximum absolute atomic E-state index is 12.9. The molecule has 0 aliphatic carbocycles. The molecule has 0 atom stereocenters. The molecule has 3 rings (SSSR count). The molecule has 0 aliphatic heterocycles. The second-order valence-electron chi connectivity index (χ2n) is 5.50. The molecule has 0 aliphatic rings. The summed E-state index contributed by atoms with van der Waals surface area (Å²) in [7, 11) is 1.53. The van der Waals surface area contributed by atoms with E-state index in [0.717, 1.165) is 5.56 Å². The van der Waals surface area contributed by atoms with E-state index in [9.17, 15) is 9.18 Å². The highest BCUT2D eigenvalue weighted by molar-refractivity contribution is 5.92. The van der Waals surface area contributed by atoms with Gasteiger partial charge in [-0.05, 0) is 53.6 Å². The first-order valence-corrected chi connectivity index (χ1v) is 8.08. The lowest BCUT2D eigenvalue weighted by molar-refractivity contribution is 0.0927. The minimum absolute atomic E-state index is 0.175. The number of hydrogen-bond donors (Lipinski definition) is 1. The number of hydrazone groups is 1. The van der Waals surface area contributed by atoms with Crippen molar-refractivity contribution in [3.05, 3.63) is 83.6 Å². The average Bonchev–Trinajstić information content (AvgIpc) is 3.23. The monoisotopic (exact) mass is 368 g/mol. The summed E-state index contributed by atoms with van der Waals surface area (Å²) in [6, 6.07) is 14.5. The zero-order chi connectivity index (χ0) is 19.1. The van der Waals surface area contributed by atoms with Crippen LogP contribution in [-0.4, -0.2) is 19.2 Å². The molecule has 2 aromatic carbocycles. The van der Waals surface area contributed by atoms with E-state index in [1.54, 1.807) is 42.5 Å². The first-order chi connectivity index (χ1) is 13.2. The Morgan fingerprint density at radius 1 is 1.19 bits per heavy atom. The second-order valence-corrected chi connectivity index (χ2v) is 5.50. The van der Waals surface area contributed by atoms with E-state index in [4.69, 9.17) is 13.9 Å². The number of carbonyl (C=O) groups is 1. The van der Waals surface area contributed by atoms with Gasteiger partial charge in [0, 0.05) is 0 Å². The van der Waals surface area contributed by atoms with Crippen LogP contribution in [0.5, 0.6) is 11.5 Å². The number of rotatable bonds is 7.